The van der Waals surface area contributed by atoms with E-state index in [9.17, 15) is 4.79 Å². The lowest BCUT2D eigenvalue weighted by Gasteiger charge is -2.47. The van der Waals surface area contributed by atoms with E-state index in [1.165, 1.54) is 30.4 Å². The zero-order valence-corrected chi connectivity index (χ0v) is 13.0. The molecule has 4 atom stereocenters. The monoisotopic (exact) mass is 294 g/mol. The summed E-state index contributed by atoms with van der Waals surface area (Å²) in [5.74, 6) is 1.21. The first kappa shape index (κ1) is 13.8. The van der Waals surface area contributed by atoms with Crippen LogP contribution in [-0.4, -0.2) is 11.1 Å². The van der Waals surface area contributed by atoms with Crippen LogP contribution in [0.1, 0.15) is 48.8 Å². The van der Waals surface area contributed by atoms with Gasteiger partial charge in [-0.3, -0.25) is 4.79 Å². The molecule has 2 heteroatoms. The Labute approximate surface area is 131 Å². The molecule has 3 aliphatic carbocycles. The summed E-state index contributed by atoms with van der Waals surface area (Å²) in [7, 11) is 0. The van der Waals surface area contributed by atoms with Gasteiger partial charge >= 0.3 is 5.97 Å². The minimum Gasteiger partial charge on any atom is -0.481 e. The summed E-state index contributed by atoms with van der Waals surface area (Å²) in [6.07, 6.45) is 13.2. The Morgan fingerprint density at radius 2 is 2.27 bits per heavy atom. The molecule has 1 aromatic carbocycles. The average Bonchev–Trinajstić information content (AvgIpc) is 2.88. The Kier molecular flexibility index (Phi) is 3.04. The van der Waals surface area contributed by atoms with Gasteiger partial charge in [0.05, 0.1) is 6.42 Å². The Balaban J connectivity index is 1.67. The second-order valence-electron chi connectivity index (χ2n) is 7.37. The van der Waals surface area contributed by atoms with Gasteiger partial charge in [0.15, 0.2) is 0 Å². The minimum atomic E-state index is -0.761. The molecule has 3 unspecified atom stereocenters. The molecule has 0 radical (unpaired) electrons. The van der Waals surface area contributed by atoms with E-state index in [-0.39, 0.29) is 6.42 Å². The normalized spacial score (nSPS) is 34.9. The van der Waals surface area contributed by atoms with Crippen LogP contribution in [0, 0.1) is 17.3 Å². The first-order chi connectivity index (χ1) is 10.6. The first-order valence-corrected chi connectivity index (χ1v) is 8.27. The highest BCUT2D eigenvalue weighted by molar-refractivity contribution is 5.71. The third-order valence-electron chi connectivity index (χ3n) is 6.06. The van der Waals surface area contributed by atoms with Crippen molar-refractivity contribution in [3.05, 3.63) is 53.1 Å². The first-order valence-electron chi connectivity index (χ1n) is 8.27. The van der Waals surface area contributed by atoms with Crippen LogP contribution in [0.15, 0.2) is 36.4 Å². The number of aliphatic carboxylic acids is 1. The van der Waals surface area contributed by atoms with E-state index in [2.05, 4.69) is 43.4 Å². The van der Waals surface area contributed by atoms with Crippen LogP contribution in [0.5, 0.6) is 0 Å². The zero-order valence-electron chi connectivity index (χ0n) is 13.0. The summed E-state index contributed by atoms with van der Waals surface area (Å²) in [5.41, 5.74) is 3.94. The molecule has 0 heterocycles. The fourth-order valence-electron chi connectivity index (χ4n) is 4.92. The van der Waals surface area contributed by atoms with Crippen molar-refractivity contribution in [2.75, 3.05) is 0 Å². The number of carboxylic acid groups (broad SMARTS) is 1. The average molecular weight is 294 g/mol. The molecule has 1 aromatic rings. The van der Waals surface area contributed by atoms with Crippen molar-refractivity contribution in [2.24, 2.45) is 17.3 Å². The third kappa shape index (κ3) is 2.05. The summed E-state index contributed by atoms with van der Waals surface area (Å²) >= 11 is 0. The van der Waals surface area contributed by atoms with Crippen molar-refractivity contribution in [1.29, 1.82) is 0 Å². The highest BCUT2D eigenvalue weighted by atomic mass is 16.4. The predicted molar refractivity (Wildman–Crippen MR) is 87.6 cm³/mol. The fraction of sp³-hybridized carbons (Fsp3) is 0.450. The van der Waals surface area contributed by atoms with Crippen LogP contribution in [-0.2, 0) is 11.2 Å². The summed E-state index contributed by atoms with van der Waals surface area (Å²) in [5, 5.41) is 8.96. The van der Waals surface area contributed by atoms with E-state index in [1.54, 1.807) is 0 Å². The molecule has 0 aromatic heterocycles. The molecule has 22 heavy (non-hydrogen) atoms. The van der Waals surface area contributed by atoms with Gasteiger partial charge in [0.1, 0.15) is 0 Å². The standard InChI is InChI=1S/C20H22O2/c1-20-9-2-3-18(20)17-7-5-14-11-13(12-19(21)22)4-6-15(14)16(17)8-10-20/h2,4-7,9,11,16-18H,3,8,10,12H2,1H3,(H,21,22)/t16?,17?,18?,20-/m0/s1. The van der Waals surface area contributed by atoms with E-state index in [1.807, 2.05) is 6.07 Å². The highest BCUT2D eigenvalue weighted by Crippen LogP contribution is 2.57. The van der Waals surface area contributed by atoms with Gasteiger partial charge in [0.25, 0.3) is 0 Å². The lowest BCUT2D eigenvalue weighted by atomic mass is 9.57. The number of benzene rings is 1. The van der Waals surface area contributed by atoms with Gasteiger partial charge in [-0.1, -0.05) is 49.4 Å². The lowest BCUT2D eigenvalue weighted by molar-refractivity contribution is -0.136. The van der Waals surface area contributed by atoms with Crippen molar-refractivity contribution >= 4 is 12.0 Å². The van der Waals surface area contributed by atoms with Crippen LogP contribution >= 0.6 is 0 Å². The predicted octanol–water partition coefficient (Wildman–Crippen LogP) is 4.42. The molecule has 0 bridgehead atoms. The molecule has 2 nitrogen and oxygen atoms in total. The van der Waals surface area contributed by atoms with Gasteiger partial charge in [-0.25, -0.2) is 0 Å². The lowest BCUT2D eigenvalue weighted by Crippen LogP contribution is -2.37. The largest absolute Gasteiger partial charge is 0.481 e. The Bertz CT molecular complexity index is 685. The second kappa shape index (κ2) is 4.84. The fourth-order valence-corrected chi connectivity index (χ4v) is 4.92. The smallest absolute Gasteiger partial charge is 0.307 e. The van der Waals surface area contributed by atoms with Crippen molar-refractivity contribution in [2.45, 2.75) is 38.5 Å². The molecule has 0 saturated heterocycles. The van der Waals surface area contributed by atoms with E-state index in [4.69, 9.17) is 5.11 Å². The maximum absolute atomic E-state index is 10.9. The van der Waals surface area contributed by atoms with Crippen LogP contribution in [0.4, 0.5) is 0 Å². The summed E-state index contributed by atoms with van der Waals surface area (Å²) in [6.45, 7) is 2.41. The Morgan fingerprint density at radius 3 is 3.09 bits per heavy atom. The second-order valence-corrected chi connectivity index (χ2v) is 7.37. The van der Waals surface area contributed by atoms with E-state index < -0.39 is 5.97 Å². The molecule has 1 N–H and O–H groups in total. The number of carbonyl (C=O) groups is 1. The Hall–Kier alpha value is -1.83. The van der Waals surface area contributed by atoms with Crippen molar-refractivity contribution in [1.82, 2.24) is 0 Å². The van der Waals surface area contributed by atoms with Gasteiger partial charge in [-0.15, -0.1) is 0 Å². The number of allylic oxidation sites excluding steroid dienone is 3. The third-order valence-corrected chi connectivity index (χ3v) is 6.06. The number of hydrogen-bond acceptors (Lipinski definition) is 1. The zero-order chi connectivity index (χ0) is 15.3. The highest BCUT2D eigenvalue weighted by Gasteiger charge is 2.47. The molecule has 4 rings (SSSR count). The van der Waals surface area contributed by atoms with Gasteiger partial charge < -0.3 is 5.11 Å². The van der Waals surface area contributed by atoms with Gasteiger partial charge in [0.2, 0.25) is 0 Å². The van der Waals surface area contributed by atoms with Crippen LogP contribution in [0.3, 0.4) is 0 Å². The van der Waals surface area contributed by atoms with Crippen molar-refractivity contribution in [3.63, 3.8) is 0 Å². The molecule has 0 spiro atoms. The molecule has 1 fully saturated rings. The summed E-state index contributed by atoms with van der Waals surface area (Å²) < 4.78 is 0. The summed E-state index contributed by atoms with van der Waals surface area (Å²) in [6, 6.07) is 6.25. The molecule has 114 valence electrons. The maximum Gasteiger partial charge on any atom is 0.307 e. The van der Waals surface area contributed by atoms with Crippen LogP contribution in [0.2, 0.25) is 0 Å². The van der Waals surface area contributed by atoms with E-state index >= 15 is 0 Å². The van der Waals surface area contributed by atoms with Gasteiger partial charge in [0, 0.05) is 0 Å². The SMILES string of the molecule is C[C@@]12C=CCC1C1C=Cc3cc(CC(=O)O)ccc3C1CC2. The number of hydrogen-bond donors (Lipinski definition) is 1. The number of rotatable bonds is 2. The van der Waals surface area contributed by atoms with Gasteiger partial charge in [-0.05, 0) is 59.1 Å². The molecular formula is C20H22O2. The maximum atomic E-state index is 10.9. The molecule has 1 saturated carbocycles. The minimum absolute atomic E-state index is 0.111. The van der Waals surface area contributed by atoms with Crippen LogP contribution < -0.4 is 0 Å². The van der Waals surface area contributed by atoms with E-state index in [0.29, 0.717) is 17.3 Å². The molecule has 0 amide bonds. The molecule has 0 aliphatic heterocycles. The molecular weight excluding hydrogens is 272 g/mol. The van der Waals surface area contributed by atoms with Gasteiger partial charge in [-0.2, -0.15) is 0 Å². The summed E-state index contributed by atoms with van der Waals surface area (Å²) in [4.78, 5) is 10.9. The number of fused-ring (bicyclic) bond motifs is 5. The quantitative estimate of drug-likeness (QED) is 0.820. The van der Waals surface area contributed by atoms with Crippen molar-refractivity contribution < 1.29 is 9.90 Å². The van der Waals surface area contributed by atoms with Crippen LogP contribution in [0.25, 0.3) is 6.08 Å². The van der Waals surface area contributed by atoms with Crippen molar-refractivity contribution in [3.8, 4) is 0 Å². The van der Waals surface area contributed by atoms with E-state index in [0.717, 1.165) is 11.5 Å². The topological polar surface area (TPSA) is 37.3 Å². The molecule has 3 aliphatic rings. The number of carboxylic acids is 1. The Morgan fingerprint density at radius 1 is 1.41 bits per heavy atom.